The van der Waals surface area contributed by atoms with Crippen LogP contribution < -0.4 is 5.32 Å². The van der Waals surface area contributed by atoms with Gasteiger partial charge in [-0.25, -0.2) is 9.97 Å². The summed E-state index contributed by atoms with van der Waals surface area (Å²) in [6, 6.07) is 11.4. The first-order valence-electron chi connectivity index (χ1n) is 8.88. The molecule has 2 atom stereocenters. The van der Waals surface area contributed by atoms with E-state index in [0.717, 1.165) is 21.7 Å². The predicted octanol–water partition coefficient (Wildman–Crippen LogP) is 5.46. The van der Waals surface area contributed by atoms with Gasteiger partial charge in [-0.3, -0.25) is 0 Å². The van der Waals surface area contributed by atoms with E-state index < -0.39 is 0 Å². The van der Waals surface area contributed by atoms with Crippen LogP contribution in [0.1, 0.15) is 24.1 Å². The number of likely N-dealkylation sites (tertiary alicyclic amines) is 1. The van der Waals surface area contributed by atoms with Crippen molar-refractivity contribution in [3.63, 3.8) is 0 Å². The molecule has 0 radical (unpaired) electrons. The Morgan fingerprint density at radius 3 is 2.96 bits per heavy atom. The predicted molar refractivity (Wildman–Crippen MR) is 112 cm³/mol. The summed E-state index contributed by atoms with van der Waals surface area (Å²) in [5.74, 6) is 0.610. The molecule has 4 aromatic rings. The molecule has 0 saturated carbocycles. The molecular formula is C20H20N4S2. The van der Waals surface area contributed by atoms with Gasteiger partial charge in [0.15, 0.2) is 0 Å². The molecule has 1 fully saturated rings. The van der Waals surface area contributed by atoms with Gasteiger partial charge >= 0.3 is 0 Å². The number of thiazole rings is 1. The zero-order valence-electron chi connectivity index (χ0n) is 14.8. The molecular weight excluding hydrogens is 360 g/mol. The van der Waals surface area contributed by atoms with E-state index in [0.29, 0.717) is 12.0 Å². The van der Waals surface area contributed by atoms with Crippen LogP contribution in [0.5, 0.6) is 0 Å². The van der Waals surface area contributed by atoms with E-state index >= 15 is 0 Å². The Balaban J connectivity index is 1.51. The second kappa shape index (κ2) is 6.30. The largest absolute Gasteiger partial charge is 0.355 e. The van der Waals surface area contributed by atoms with E-state index in [1.54, 1.807) is 11.3 Å². The van der Waals surface area contributed by atoms with Crippen LogP contribution in [-0.2, 0) is 0 Å². The third-order valence-electron chi connectivity index (χ3n) is 5.50. The van der Waals surface area contributed by atoms with Gasteiger partial charge in [0.05, 0.1) is 21.4 Å². The standard InChI is InChI=1S/C20H20N4S2/c1-12-14(6-8-24(12)2)19-10-15-16(5-7-21-20(15)26-19)23-13-3-4-18-17(9-13)22-11-25-18/h3-5,7,9-12,14H,6,8H2,1-2H3,(H,21,23)/t12-,14-/m1/s1. The van der Waals surface area contributed by atoms with E-state index in [1.165, 1.54) is 27.9 Å². The lowest BCUT2D eigenvalue weighted by atomic mass is 9.99. The zero-order chi connectivity index (χ0) is 17.7. The lowest BCUT2D eigenvalue weighted by molar-refractivity contribution is 0.319. The van der Waals surface area contributed by atoms with Crippen LogP contribution in [0.2, 0.25) is 0 Å². The highest BCUT2D eigenvalue weighted by molar-refractivity contribution is 7.18. The van der Waals surface area contributed by atoms with Gasteiger partial charge in [0.25, 0.3) is 0 Å². The summed E-state index contributed by atoms with van der Waals surface area (Å²) < 4.78 is 1.22. The summed E-state index contributed by atoms with van der Waals surface area (Å²) in [5.41, 5.74) is 5.12. The third kappa shape index (κ3) is 2.69. The Labute approximate surface area is 160 Å². The van der Waals surface area contributed by atoms with Gasteiger partial charge in [0, 0.05) is 34.1 Å². The first-order chi connectivity index (χ1) is 12.7. The van der Waals surface area contributed by atoms with Crippen LogP contribution in [0.4, 0.5) is 11.4 Å². The Bertz CT molecular complexity index is 1080. The van der Waals surface area contributed by atoms with Gasteiger partial charge in [-0.2, -0.15) is 0 Å². The lowest BCUT2D eigenvalue weighted by Crippen LogP contribution is -2.24. The van der Waals surface area contributed by atoms with Crippen LogP contribution >= 0.6 is 22.7 Å². The second-order valence-corrected chi connectivity index (χ2v) is 8.95. The van der Waals surface area contributed by atoms with E-state index in [9.17, 15) is 0 Å². The molecule has 26 heavy (non-hydrogen) atoms. The fraction of sp³-hybridized carbons (Fsp3) is 0.300. The quantitative estimate of drug-likeness (QED) is 0.512. The van der Waals surface area contributed by atoms with Crippen molar-refractivity contribution in [2.45, 2.75) is 25.3 Å². The minimum Gasteiger partial charge on any atom is -0.355 e. The number of thiophene rings is 1. The van der Waals surface area contributed by atoms with Crippen molar-refractivity contribution in [2.75, 3.05) is 18.9 Å². The highest BCUT2D eigenvalue weighted by Gasteiger charge is 2.30. The number of nitrogens with one attached hydrogen (secondary N) is 1. The number of fused-ring (bicyclic) bond motifs is 2. The topological polar surface area (TPSA) is 41.1 Å². The molecule has 4 nitrogen and oxygen atoms in total. The molecule has 0 spiro atoms. The fourth-order valence-corrected chi connectivity index (χ4v) is 5.73. The van der Waals surface area contributed by atoms with Gasteiger partial charge in [0.2, 0.25) is 0 Å². The fourth-order valence-electron chi connectivity index (χ4n) is 3.82. The molecule has 1 aromatic carbocycles. The van der Waals surface area contributed by atoms with Crippen molar-refractivity contribution in [3.05, 3.63) is 46.9 Å². The maximum absolute atomic E-state index is 4.62. The summed E-state index contributed by atoms with van der Waals surface area (Å²) in [6.45, 7) is 3.50. The minimum absolute atomic E-state index is 0.589. The van der Waals surface area contributed by atoms with Crippen LogP contribution in [0, 0.1) is 0 Å². The first kappa shape index (κ1) is 16.2. The number of likely N-dealkylation sites (N-methyl/N-ethyl adjacent to an activating group) is 1. The Morgan fingerprint density at radius 1 is 1.19 bits per heavy atom. The number of nitrogens with zero attached hydrogens (tertiary/aromatic N) is 3. The molecule has 6 heteroatoms. The minimum atomic E-state index is 0.589. The van der Waals surface area contributed by atoms with Gasteiger partial charge < -0.3 is 10.2 Å². The summed E-state index contributed by atoms with van der Waals surface area (Å²) >= 11 is 3.51. The van der Waals surface area contributed by atoms with E-state index in [-0.39, 0.29) is 0 Å². The first-order valence-corrected chi connectivity index (χ1v) is 10.6. The highest BCUT2D eigenvalue weighted by Crippen LogP contribution is 2.40. The van der Waals surface area contributed by atoms with Gasteiger partial charge in [-0.1, -0.05) is 0 Å². The van der Waals surface area contributed by atoms with Crippen LogP contribution in [0.15, 0.2) is 42.0 Å². The summed E-state index contributed by atoms with van der Waals surface area (Å²) in [7, 11) is 2.22. The molecule has 0 bridgehead atoms. The summed E-state index contributed by atoms with van der Waals surface area (Å²) in [6.07, 6.45) is 3.13. The maximum Gasteiger partial charge on any atom is 0.125 e. The van der Waals surface area contributed by atoms with Crippen molar-refractivity contribution in [1.29, 1.82) is 0 Å². The van der Waals surface area contributed by atoms with E-state index in [4.69, 9.17) is 0 Å². The molecule has 3 aromatic heterocycles. The van der Waals surface area contributed by atoms with E-state index in [1.807, 2.05) is 23.0 Å². The number of benzene rings is 1. The average Bonchev–Trinajstić information content (AvgIpc) is 3.34. The number of aromatic nitrogens is 2. The molecule has 0 aliphatic carbocycles. The summed E-state index contributed by atoms with van der Waals surface area (Å²) in [4.78, 5) is 14.0. The Hall–Kier alpha value is -2.02. The van der Waals surface area contributed by atoms with Crippen molar-refractivity contribution in [3.8, 4) is 0 Å². The molecule has 5 rings (SSSR count). The second-order valence-electron chi connectivity index (χ2n) is 7.00. The number of rotatable bonds is 3. The number of pyridine rings is 1. The number of hydrogen-bond acceptors (Lipinski definition) is 6. The molecule has 0 unspecified atom stereocenters. The lowest BCUT2D eigenvalue weighted by Gasteiger charge is -2.19. The SMILES string of the molecule is C[C@@H]1[C@H](c2cc3c(Nc4ccc5scnc5c4)ccnc3s2)CCN1C. The molecule has 4 heterocycles. The molecule has 1 N–H and O–H groups in total. The molecule has 1 aliphatic rings. The average molecular weight is 381 g/mol. The highest BCUT2D eigenvalue weighted by atomic mass is 32.1. The number of hydrogen-bond donors (Lipinski definition) is 1. The van der Waals surface area contributed by atoms with Crippen molar-refractivity contribution in [2.24, 2.45) is 0 Å². The number of anilines is 2. The monoisotopic (exact) mass is 380 g/mol. The normalized spacial score (nSPS) is 21.0. The van der Waals surface area contributed by atoms with Crippen LogP contribution in [-0.4, -0.2) is 34.5 Å². The van der Waals surface area contributed by atoms with E-state index in [2.05, 4.69) is 64.5 Å². The Morgan fingerprint density at radius 2 is 2.12 bits per heavy atom. The van der Waals surface area contributed by atoms with Gasteiger partial charge in [0.1, 0.15) is 4.83 Å². The van der Waals surface area contributed by atoms with Gasteiger partial charge in [-0.15, -0.1) is 22.7 Å². The van der Waals surface area contributed by atoms with Crippen molar-refractivity contribution in [1.82, 2.24) is 14.9 Å². The maximum atomic E-state index is 4.62. The van der Waals surface area contributed by atoms with Crippen molar-refractivity contribution >= 4 is 54.5 Å². The zero-order valence-corrected chi connectivity index (χ0v) is 16.4. The summed E-state index contributed by atoms with van der Waals surface area (Å²) in [5, 5.41) is 4.79. The molecule has 1 saturated heterocycles. The van der Waals surface area contributed by atoms with Crippen LogP contribution in [0.3, 0.4) is 0 Å². The smallest absolute Gasteiger partial charge is 0.125 e. The Kier molecular flexibility index (Phi) is 3.92. The van der Waals surface area contributed by atoms with Crippen molar-refractivity contribution < 1.29 is 0 Å². The van der Waals surface area contributed by atoms with Crippen LogP contribution in [0.25, 0.3) is 20.4 Å². The molecule has 1 aliphatic heterocycles. The molecule has 0 amide bonds. The van der Waals surface area contributed by atoms with Gasteiger partial charge in [-0.05, 0) is 57.3 Å². The molecule has 132 valence electrons. The third-order valence-corrected chi connectivity index (χ3v) is 7.48.